The molecule has 0 radical (unpaired) electrons. The second-order valence-electron chi connectivity index (χ2n) is 4.15. The molecule has 2 rings (SSSR count). The van der Waals surface area contributed by atoms with Crippen LogP contribution in [0.5, 0.6) is 0 Å². The van der Waals surface area contributed by atoms with E-state index >= 15 is 0 Å². The van der Waals surface area contributed by atoms with Crippen LogP contribution in [0, 0.1) is 0 Å². The monoisotopic (exact) mass is 377 g/mol. The first-order valence-corrected chi connectivity index (χ1v) is 6.88. The molecule has 0 saturated heterocycles. The summed E-state index contributed by atoms with van der Waals surface area (Å²) in [5, 5.41) is 3.00. The van der Waals surface area contributed by atoms with Crippen molar-refractivity contribution in [3.63, 3.8) is 0 Å². The number of alkyl halides is 3. The molecule has 0 aliphatic rings. The molecule has 0 bridgehead atoms. The van der Waals surface area contributed by atoms with E-state index in [1.54, 1.807) is 24.3 Å². The molecule has 1 amide bonds. The maximum absolute atomic E-state index is 12.8. The summed E-state index contributed by atoms with van der Waals surface area (Å²) in [5.41, 5.74) is -0.535. The fraction of sp³-hybridized carbons (Fsp3) is 0.0714. The first-order valence-electron chi connectivity index (χ1n) is 5.71. The molecule has 0 aliphatic heterocycles. The first kappa shape index (κ1) is 15.9. The third kappa shape index (κ3) is 3.98. The Morgan fingerprint density at radius 1 is 1.10 bits per heavy atom. The SMILES string of the molecule is O=C(Nc1ccc(Cl)cc1)c1ccc(Br)c(C(F)(F)F)c1. The zero-order chi connectivity index (χ0) is 15.6. The van der Waals surface area contributed by atoms with E-state index in [9.17, 15) is 18.0 Å². The van der Waals surface area contributed by atoms with Gasteiger partial charge in [0.25, 0.3) is 5.91 Å². The van der Waals surface area contributed by atoms with Crippen molar-refractivity contribution in [3.05, 3.63) is 63.1 Å². The van der Waals surface area contributed by atoms with Crippen LogP contribution in [0.3, 0.4) is 0 Å². The Hall–Kier alpha value is -1.53. The zero-order valence-corrected chi connectivity index (χ0v) is 12.7. The predicted molar refractivity (Wildman–Crippen MR) is 78.5 cm³/mol. The van der Waals surface area contributed by atoms with Crippen LogP contribution in [0.15, 0.2) is 46.9 Å². The smallest absolute Gasteiger partial charge is 0.322 e. The van der Waals surface area contributed by atoms with Gasteiger partial charge in [-0.1, -0.05) is 27.5 Å². The fourth-order valence-corrected chi connectivity index (χ4v) is 2.22. The Kier molecular flexibility index (Phi) is 4.58. The van der Waals surface area contributed by atoms with Crippen molar-refractivity contribution in [1.82, 2.24) is 0 Å². The number of hydrogen-bond acceptors (Lipinski definition) is 1. The summed E-state index contributed by atoms with van der Waals surface area (Å²) >= 11 is 8.53. The van der Waals surface area contributed by atoms with Crippen LogP contribution in [-0.4, -0.2) is 5.91 Å². The number of rotatable bonds is 2. The van der Waals surface area contributed by atoms with Crippen molar-refractivity contribution in [2.75, 3.05) is 5.32 Å². The zero-order valence-electron chi connectivity index (χ0n) is 10.3. The van der Waals surface area contributed by atoms with Gasteiger partial charge in [0.15, 0.2) is 0 Å². The lowest BCUT2D eigenvalue weighted by molar-refractivity contribution is -0.138. The summed E-state index contributed by atoms with van der Waals surface area (Å²) < 4.78 is 38.2. The van der Waals surface area contributed by atoms with Crippen LogP contribution < -0.4 is 5.32 Å². The van der Waals surface area contributed by atoms with Crippen molar-refractivity contribution < 1.29 is 18.0 Å². The van der Waals surface area contributed by atoms with Crippen molar-refractivity contribution in [2.45, 2.75) is 6.18 Å². The third-order valence-corrected chi connectivity index (χ3v) is 3.58. The molecule has 110 valence electrons. The van der Waals surface area contributed by atoms with Crippen LogP contribution in [0.2, 0.25) is 5.02 Å². The van der Waals surface area contributed by atoms with E-state index < -0.39 is 17.6 Å². The highest BCUT2D eigenvalue weighted by atomic mass is 79.9. The molecule has 0 aromatic heterocycles. The number of benzene rings is 2. The van der Waals surface area contributed by atoms with Crippen molar-refractivity contribution in [3.8, 4) is 0 Å². The molecule has 0 saturated carbocycles. The maximum atomic E-state index is 12.8. The van der Waals surface area contributed by atoms with E-state index in [2.05, 4.69) is 21.2 Å². The number of amides is 1. The van der Waals surface area contributed by atoms with Crippen LogP contribution in [0.4, 0.5) is 18.9 Å². The van der Waals surface area contributed by atoms with Crippen molar-refractivity contribution >= 4 is 39.1 Å². The van der Waals surface area contributed by atoms with Gasteiger partial charge in [-0.15, -0.1) is 0 Å². The van der Waals surface area contributed by atoms with Gasteiger partial charge in [0, 0.05) is 20.7 Å². The second-order valence-corrected chi connectivity index (χ2v) is 5.44. The Balaban J connectivity index is 2.25. The van der Waals surface area contributed by atoms with Gasteiger partial charge in [-0.25, -0.2) is 0 Å². The fourth-order valence-electron chi connectivity index (χ4n) is 1.62. The summed E-state index contributed by atoms with van der Waals surface area (Å²) in [6.45, 7) is 0. The lowest BCUT2D eigenvalue weighted by Crippen LogP contribution is -2.14. The number of hydrogen-bond donors (Lipinski definition) is 1. The number of carbonyl (C=O) groups excluding carboxylic acids is 1. The van der Waals surface area contributed by atoms with Crippen molar-refractivity contribution in [1.29, 1.82) is 0 Å². The van der Waals surface area contributed by atoms with E-state index in [-0.39, 0.29) is 10.0 Å². The molecule has 2 aromatic rings. The number of halogens is 5. The summed E-state index contributed by atoms with van der Waals surface area (Å²) in [7, 11) is 0. The molecular weight excluding hydrogens is 371 g/mol. The van der Waals surface area contributed by atoms with Gasteiger partial charge in [0.1, 0.15) is 0 Å². The van der Waals surface area contributed by atoms with Crippen LogP contribution in [-0.2, 0) is 6.18 Å². The first-order chi connectivity index (χ1) is 9.77. The van der Waals surface area contributed by atoms with E-state index in [1.165, 1.54) is 12.1 Å². The average Bonchev–Trinajstić information content (AvgIpc) is 2.40. The second kappa shape index (κ2) is 6.07. The van der Waals surface area contributed by atoms with E-state index in [4.69, 9.17) is 11.6 Å². The van der Waals surface area contributed by atoms with Crippen molar-refractivity contribution in [2.24, 2.45) is 0 Å². The minimum absolute atomic E-state index is 0.0829. The van der Waals surface area contributed by atoms with Crippen LogP contribution >= 0.6 is 27.5 Å². The molecule has 0 aliphatic carbocycles. The van der Waals surface area contributed by atoms with Gasteiger partial charge in [-0.3, -0.25) is 4.79 Å². The molecule has 2 aromatic carbocycles. The van der Waals surface area contributed by atoms with E-state index in [0.717, 1.165) is 6.07 Å². The van der Waals surface area contributed by atoms with Gasteiger partial charge in [0.05, 0.1) is 5.56 Å². The summed E-state index contributed by atoms with van der Waals surface area (Å²) in [6.07, 6.45) is -4.53. The highest BCUT2D eigenvalue weighted by Gasteiger charge is 2.33. The molecule has 0 fully saturated rings. The quantitative estimate of drug-likeness (QED) is 0.747. The molecule has 0 unspecified atom stereocenters. The molecule has 7 heteroatoms. The topological polar surface area (TPSA) is 29.1 Å². The molecule has 0 spiro atoms. The highest BCUT2D eigenvalue weighted by molar-refractivity contribution is 9.10. The molecule has 0 atom stereocenters. The summed E-state index contributed by atoms with van der Waals surface area (Å²) in [5.74, 6) is -0.629. The van der Waals surface area contributed by atoms with Gasteiger partial charge in [0.2, 0.25) is 0 Å². The molecular formula is C14H8BrClF3NO. The van der Waals surface area contributed by atoms with Gasteiger partial charge in [-0.05, 0) is 42.5 Å². The maximum Gasteiger partial charge on any atom is 0.417 e. The average molecular weight is 379 g/mol. The number of carbonyl (C=O) groups is 1. The third-order valence-electron chi connectivity index (χ3n) is 2.64. The Labute approximate surface area is 132 Å². The predicted octanol–water partition coefficient (Wildman–Crippen LogP) is 5.37. The van der Waals surface area contributed by atoms with Gasteiger partial charge < -0.3 is 5.32 Å². The Bertz CT molecular complexity index is 671. The lowest BCUT2D eigenvalue weighted by atomic mass is 10.1. The summed E-state index contributed by atoms with van der Waals surface area (Å²) in [6, 6.07) is 9.56. The lowest BCUT2D eigenvalue weighted by Gasteiger charge is -2.11. The summed E-state index contributed by atoms with van der Waals surface area (Å²) in [4.78, 5) is 12.0. The van der Waals surface area contributed by atoms with Gasteiger partial charge >= 0.3 is 6.18 Å². The normalized spacial score (nSPS) is 11.3. The minimum atomic E-state index is -4.53. The number of anilines is 1. The highest BCUT2D eigenvalue weighted by Crippen LogP contribution is 2.35. The van der Waals surface area contributed by atoms with Crippen LogP contribution in [0.1, 0.15) is 15.9 Å². The molecule has 21 heavy (non-hydrogen) atoms. The van der Waals surface area contributed by atoms with Gasteiger partial charge in [-0.2, -0.15) is 13.2 Å². The van der Waals surface area contributed by atoms with E-state index in [0.29, 0.717) is 10.7 Å². The Morgan fingerprint density at radius 2 is 1.71 bits per heavy atom. The standard InChI is InChI=1S/C14H8BrClF3NO/c15-12-6-1-8(7-11(12)14(17,18)19)13(21)20-10-4-2-9(16)3-5-10/h1-7H,(H,20,21). The minimum Gasteiger partial charge on any atom is -0.322 e. The van der Waals surface area contributed by atoms with E-state index in [1.807, 2.05) is 0 Å². The Morgan fingerprint density at radius 3 is 2.29 bits per heavy atom. The molecule has 1 N–H and O–H groups in total. The van der Waals surface area contributed by atoms with Crippen LogP contribution in [0.25, 0.3) is 0 Å². The molecule has 2 nitrogen and oxygen atoms in total. The molecule has 0 heterocycles. The largest absolute Gasteiger partial charge is 0.417 e. The number of nitrogens with one attached hydrogen (secondary N) is 1.